The predicted molar refractivity (Wildman–Crippen MR) is 105 cm³/mol. The first-order valence-corrected chi connectivity index (χ1v) is 9.01. The summed E-state index contributed by atoms with van der Waals surface area (Å²) in [6.45, 7) is 1.60. The summed E-state index contributed by atoms with van der Waals surface area (Å²) in [4.78, 5) is 20.3. The van der Waals surface area contributed by atoms with Gasteiger partial charge in [-0.3, -0.25) is 0 Å². The van der Waals surface area contributed by atoms with E-state index in [1.807, 2.05) is 6.07 Å². The molecular formula is C21H15ClFN3O3. The maximum absolute atomic E-state index is 13.9. The minimum Gasteiger partial charge on any atom is -0.466 e. The average Bonchev–Trinajstić information content (AvgIpc) is 2.74. The van der Waals surface area contributed by atoms with E-state index in [1.54, 1.807) is 43.3 Å². The molecule has 0 atom stereocenters. The van der Waals surface area contributed by atoms with Gasteiger partial charge in [-0.05, 0) is 37.3 Å². The topological polar surface area (TPSA) is 85.1 Å². The molecule has 1 heterocycles. The highest BCUT2D eigenvalue weighted by Crippen LogP contribution is 2.27. The summed E-state index contributed by atoms with van der Waals surface area (Å²) in [5.74, 6) is -0.824. The van der Waals surface area contributed by atoms with Gasteiger partial charge >= 0.3 is 5.97 Å². The summed E-state index contributed by atoms with van der Waals surface area (Å²) in [5, 5.41) is 8.95. The number of ether oxygens (including phenoxy) is 2. The Bertz CT molecular complexity index is 1080. The van der Waals surface area contributed by atoms with Crippen LogP contribution in [0, 0.1) is 17.1 Å². The second-order valence-corrected chi connectivity index (χ2v) is 6.23. The molecule has 1 aromatic heterocycles. The SMILES string of the molecule is CCOC(=O)COc1cc(-c2ccc(C#N)cc2)nc(-c2ccc(Cl)c(F)c2)n1. The van der Waals surface area contributed by atoms with Crippen molar-refractivity contribution in [3.8, 4) is 34.6 Å². The number of hydrogen-bond acceptors (Lipinski definition) is 6. The monoisotopic (exact) mass is 411 g/mol. The molecule has 0 aliphatic heterocycles. The van der Waals surface area contributed by atoms with E-state index in [-0.39, 0.29) is 29.9 Å². The molecular weight excluding hydrogens is 397 g/mol. The van der Waals surface area contributed by atoms with Gasteiger partial charge in [0.15, 0.2) is 12.4 Å². The fraction of sp³-hybridized carbons (Fsp3) is 0.143. The van der Waals surface area contributed by atoms with Gasteiger partial charge in [-0.1, -0.05) is 23.7 Å². The first-order chi connectivity index (χ1) is 14.0. The van der Waals surface area contributed by atoms with E-state index in [9.17, 15) is 9.18 Å². The molecule has 0 saturated heterocycles. The molecule has 146 valence electrons. The van der Waals surface area contributed by atoms with Crippen molar-refractivity contribution in [1.29, 1.82) is 5.26 Å². The largest absolute Gasteiger partial charge is 0.466 e. The Morgan fingerprint density at radius 3 is 2.52 bits per heavy atom. The van der Waals surface area contributed by atoms with Crippen molar-refractivity contribution in [2.45, 2.75) is 6.92 Å². The van der Waals surface area contributed by atoms with E-state index < -0.39 is 11.8 Å². The molecule has 2 aromatic carbocycles. The van der Waals surface area contributed by atoms with E-state index in [4.69, 9.17) is 26.3 Å². The average molecular weight is 412 g/mol. The Balaban J connectivity index is 2.02. The van der Waals surface area contributed by atoms with Crippen molar-refractivity contribution in [2.75, 3.05) is 13.2 Å². The van der Waals surface area contributed by atoms with Crippen LogP contribution in [-0.4, -0.2) is 29.2 Å². The number of benzene rings is 2. The number of carbonyl (C=O) groups excluding carboxylic acids is 1. The van der Waals surface area contributed by atoms with Gasteiger partial charge in [0, 0.05) is 17.2 Å². The summed E-state index contributed by atoms with van der Waals surface area (Å²) in [7, 11) is 0. The van der Waals surface area contributed by atoms with E-state index in [0.29, 0.717) is 22.4 Å². The molecule has 29 heavy (non-hydrogen) atoms. The highest BCUT2D eigenvalue weighted by atomic mass is 35.5. The van der Waals surface area contributed by atoms with Crippen LogP contribution in [0.4, 0.5) is 4.39 Å². The van der Waals surface area contributed by atoms with E-state index in [1.165, 1.54) is 12.1 Å². The van der Waals surface area contributed by atoms with Crippen LogP contribution in [0.15, 0.2) is 48.5 Å². The van der Waals surface area contributed by atoms with Gasteiger partial charge < -0.3 is 9.47 Å². The Morgan fingerprint density at radius 1 is 1.14 bits per heavy atom. The van der Waals surface area contributed by atoms with Gasteiger partial charge in [0.2, 0.25) is 5.88 Å². The van der Waals surface area contributed by atoms with E-state index in [2.05, 4.69) is 9.97 Å². The smallest absolute Gasteiger partial charge is 0.344 e. The number of carbonyl (C=O) groups is 1. The molecule has 0 N–H and O–H groups in total. The third-order valence-electron chi connectivity index (χ3n) is 3.83. The lowest BCUT2D eigenvalue weighted by Gasteiger charge is -2.10. The lowest BCUT2D eigenvalue weighted by atomic mass is 10.1. The maximum atomic E-state index is 13.9. The standard InChI is InChI=1S/C21H15ClFN3O3/c1-2-28-20(27)12-29-19-10-18(14-5-3-13(11-24)4-6-14)25-21(26-19)15-7-8-16(22)17(23)9-15/h3-10H,2,12H2,1H3. The summed E-state index contributed by atoms with van der Waals surface area (Å²) < 4.78 is 24.2. The van der Waals surface area contributed by atoms with Crippen LogP contribution in [0.25, 0.3) is 22.6 Å². The summed E-state index contributed by atoms with van der Waals surface area (Å²) in [5.41, 5.74) is 2.07. The van der Waals surface area contributed by atoms with Crippen molar-refractivity contribution in [3.63, 3.8) is 0 Å². The van der Waals surface area contributed by atoms with Crippen LogP contribution in [0.5, 0.6) is 5.88 Å². The number of nitrogens with zero attached hydrogens (tertiary/aromatic N) is 3. The summed E-state index contributed by atoms with van der Waals surface area (Å²) in [6.07, 6.45) is 0. The van der Waals surface area contributed by atoms with Crippen LogP contribution in [0.3, 0.4) is 0 Å². The fourth-order valence-electron chi connectivity index (χ4n) is 2.46. The van der Waals surface area contributed by atoms with E-state index >= 15 is 0 Å². The molecule has 0 amide bonds. The molecule has 8 heteroatoms. The molecule has 6 nitrogen and oxygen atoms in total. The van der Waals surface area contributed by atoms with Crippen molar-refractivity contribution in [1.82, 2.24) is 9.97 Å². The first-order valence-electron chi connectivity index (χ1n) is 8.63. The number of esters is 1. The molecule has 0 spiro atoms. The minimum atomic E-state index is -0.606. The number of aromatic nitrogens is 2. The van der Waals surface area contributed by atoms with Gasteiger partial charge in [-0.15, -0.1) is 0 Å². The molecule has 3 aromatic rings. The minimum absolute atomic E-state index is 0.0178. The maximum Gasteiger partial charge on any atom is 0.344 e. The molecule has 0 aliphatic rings. The van der Waals surface area contributed by atoms with Gasteiger partial charge in [0.1, 0.15) is 5.82 Å². The molecule has 0 radical (unpaired) electrons. The molecule has 0 bridgehead atoms. The van der Waals surface area contributed by atoms with Gasteiger partial charge in [-0.2, -0.15) is 10.2 Å². The molecule has 0 aliphatic carbocycles. The highest BCUT2D eigenvalue weighted by molar-refractivity contribution is 6.30. The lowest BCUT2D eigenvalue weighted by molar-refractivity contribution is -0.145. The third kappa shape index (κ3) is 5.06. The van der Waals surface area contributed by atoms with Gasteiger partial charge in [0.05, 0.1) is 29.0 Å². The van der Waals surface area contributed by atoms with E-state index in [0.717, 1.165) is 0 Å². The third-order valence-corrected chi connectivity index (χ3v) is 4.14. The second kappa shape index (κ2) is 9.13. The van der Waals surface area contributed by atoms with Gasteiger partial charge in [0.25, 0.3) is 0 Å². The fourth-order valence-corrected chi connectivity index (χ4v) is 2.58. The number of nitriles is 1. The number of rotatable bonds is 6. The van der Waals surface area contributed by atoms with Crippen molar-refractivity contribution in [3.05, 3.63) is 64.9 Å². The Morgan fingerprint density at radius 2 is 1.86 bits per heavy atom. The number of hydrogen-bond donors (Lipinski definition) is 0. The van der Waals surface area contributed by atoms with Crippen molar-refractivity contribution in [2.24, 2.45) is 0 Å². The molecule has 0 unspecified atom stereocenters. The van der Waals surface area contributed by atoms with Crippen molar-refractivity contribution < 1.29 is 18.7 Å². The van der Waals surface area contributed by atoms with Crippen LogP contribution in [0.1, 0.15) is 12.5 Å². The van der Waals surface area contributed by atoms with Crippen LogP contribution < -0.4 is 4.74 Å². The summed E-state index contributed by atoms with van der Waals surface area (Å²) >= 11 is 5.75. The Hall–Kier alpha value is -3.50. The highest BCUT2D eigenvalue weighted by Gasteiger charge is 2.13. The van der Waals surface area contributed by atoms with Crippen molar-refractivity contribution >= 4 is 17.6 Å². The number of halogens is 2. The molecule has 3 rings (SSSR count). The zero-order valence-corrected chi connectivity index (χ0v) is 16.1. The summed E-state index contributed by atoms with van der Waals surface area (Å²) in [6, 6.07) is 14.6. The van der Waals surface area contributed by atoms with Gasteiger partial charge in [-0.25, -0.2) is 14.2 Å². The second-order valence-electron chi connectivity index (χ2n) is 5.83. The van der Waals surface area contributed by atoms with Crippen LogP contribution >= 0.6 is 11.6 Å². The quantitative estimate of drug-likeness (QED) is 0.558. The zero-order chi connectivity index (χ0) is 20.8. The lowest BCUT2D eigenvalue weighted by Crippen LogP contribution is -2.15. The molecule has 0 saturated carbocycles. The molecule has 0 fully saturated rings. The first kappa shape index (κ1) is 20.2. The van der Waals surface area contributed by atoms with Crippen LogP contribution in [-0.2, 0) is 9.53 Å². The Labute approximate surface area is 171 Å². The predicted octanol–water partition coefficient (Wildman–Crippen LogP) is 4.42. The Kier molecular flexibility index (Phi) is 6.37. The zero-order valence-electron chi connectivity index (χ0n) is 15.4. The normalized spacial score (nSPS) is 10.3. The van der Waals surface area contributed by atoms with Crippen LogP contribution in [0.2, 0.25) is 5.02 Å².